The number of hydrogen-bond donors (Lipinski definition) is 0. The van der Waals surface area contributed by atoms with Crippen molar-refractivity contribution in [1.29, 1.82) is 0 Å². The summed E-state index contributed by atoms with van der Waals surface area (Å²) in [5, 5.41) is 0. The molecular weight excluding hydrogens is 186 g/mol. The molecule has 0 saturated heterocycles. The minimum atomic E-state index is 0.494. The van der Waals surface area contributed by atoms with Crippen molar-refractivity contribution in [1.82, 2.24) is 4.90 Å². The molecule has 0 radical (unpaired) electrons. The average Bonchev–Trinajstić information content (AvgIpc) is 3.10. The summed E-state index contributed by atoms with van der Waals surface area (Å²) in [5.74, 6) is 1.50. The lowest BCUT2D eigenvalue weighted by molar-refractivity contribution is -0.121. The van der Waals surface area contributed by atoms with Crippen molar-refractivity contribution in [3.63, 3.8) is 0 Å². The number of rotatable bonds is 4. The molecule has 0 bridgehead atoms. The molecule has 0 aliphatic heterocycles. The Morgan fingerprint density at radius 1 is 0.933 bits per heavy atom. The van der Waals surface area contributed by atoms with Crippen LogP contribution in [0, 0.1) is 5.92 Å². The van der Waals surface area contributed by atoms with Gasteiger partial charge in [-0.1, -0.05) is 0 Å². The number of carbonyl (C=O) groups is 1. The molecule has 3 aliphatic carbocycles. The Kier molecular flexibility index (Phi) is 2.55. The molecule has 0 heterocycles. The fourth-order valence-corrected chi connectivity index (χ4v) is 2.86. The molecular formula is C13H21NO. The third kappa shape index (κ3) is 2.41. The van der Waals surface area contributed by atoms with Crippen LogP contribution in [0.2, 0.25) is 0 Å². The van der Waals surface area contributed by atoms with Crippen molar-refractivity contribution in [2.75, 3.05) is 6.54 Å². The van der Waals surface area contributed by atoms with Crippen molar-refractivity contribution >= 4 is 5.78 Å². The Balaban J connectivity index is 1.58. The molecule has 3 saturated carbocycles. The molecule has 15 heavy (non-hydrogen) atoms. The van der Waals surface area contributed by atoms with Gasteiger partial charge in [-0.05, 0) is 44.4 Å². The molecule has 0 spiro atoms. The Morgan fingerprint density at radius 2 is 1.53 bits per heavy atom. The number of Topliss-reactive ketones (excluding diaryl/α,β-unsaturated/α-hetero) is 1. The zero-order valence-electron chi connectivity index (χ0n) is 9.45. The second-order valence-electron chi connectivity index (χ2n) is 5.64. The molecule has 0 unspecified atom stereocenters. The Hall–Kier alpha value is -0.370. The second-order valence-corrected chi connectivity index (χ2v) is 5.64. The van der Waals surface area contributed by atoms with Gasteiger partial charge in [-0.3, -0.25) is 9.69 Å². The van der Waals surface area contributed by atoms with Crippen molar-refractivity contribution in [3.8, 4) is 0 Å². The molecule has 0 aromatic rings. The largest absolute Gasteiger partial charge is 0.300 e. The molecule has 0 aromatic carbocycles. The lowest BCUT2D eigenvalue weighted by Crippen LogP contribution is -2.41. The smallest absolute Gasteiger partial charge is 0.133 e. The molecule has 2 nitrogen and oxygen atoms in total. The fourth-order valence-electron chi connectivity index (χ4n) is 2.86. The molecule has 3 fully saturated rings. The minimum Gasteiger partial charge on any atom is -0.300 e. The van der Waals surface area contributed by atoms with Gasteiger partial charge in [-0.25, -0.2) is 0 Å². The van der Waals surface area contributed by atoms with Crippen LogP contribution in [0.1, 0.15) is 51.4 Å². The monoisotopic (exact) mass is 207 g/mol. The van der Waals surface area contributed by atoms with E-state index in [1.807, 2.05) is 0 Å². The Labute approximate surface area is 92.0 Å². The summed E-state index contributed by atoms with van der Waals surface area (Å²) in [5.41, 5.74) is 0. The van der Waals surface area contributed by atoms with Gasteiger partial charge >= 0.3 is 0 Å². The highest BCUT2D eigenvalue weighted by Crippen LogP contribution is 2.38. The SMILES string of the molecule is O=C1CCC(N(CC2CC2)C2CC2)CC1. The van der Waals surface area contributed by atoms with Crippen molar-refractivity contribution < 1.29 is 4.79 Å². The van der Waals surface area contributed by atoms with Crippen molar-refractivity contribution in [2.24, 2.45) is 5.92 Å². The molecule has 0 N–H and O–H groups in total. The highest BCUT2D eigenvalue weighted by molar-refractivity contribution is 5.79. The van der Waals surface area contributed by atoms with Crippen LogP contribution < -0.4 is 0 Å². The highest BCUT2D eigenvalue weighted by atomic mass is 16.1. The van der Waals surface area contributed by atoms with E-state index in [2.05, 4.69) is 4.90 Å². The number of nitrogens with zero attached hydrogens (tertiary/aromatic N) is 1. The van der Waals surface area contributed by atoms with Gasteiger partial charge in [-0.15, -0.1) is 0 Å². The summed E-state index contributed by atoms with van der Waals surface area (Å²) in [6.45, 7) is 1.34. The van der Waals surface area contributed by atoms with E-state index in [9.17, 15) is 4.79 Å². The van der Waals surface area contributed by atoms with Crippen LogP contribution in [-0.4, -0.2) is 29.3 Å². The number of ketones is 1. The van der Waals surface area contributed by atoms with E-state index in [-0.39, 0.29) is 0 Å². The summed E-state index contributed by atoms with van der Waals surface area (Å²) in [6, 6.07) is 1.64. The van der Waals surface area contributed by atoms with Crippen LogP contribution in [0.15, 0.2) is 0 Å². The van der Waals surface area contributed by atoms with Crippen molar-refractivity contribution in [3.05, 3.63) is 0 Å². The average molecular weight is 207 g/mol. The summed E-state index contributed by atoms with van der Waals surface area (Å²) in [4.78, 5) is 14.0. The van der Waals surface area contributed by atoms with E-state index in [1.165, 1.54) is 32.2 Å². The standard InChI is InChI=1S/C13H21NO/c15-13-7-5-12(6-8-13)14(11-3-4-11)9-10-1-2-10/h10-12H,1-9H2. The first-order chi connectivity index (χ1) is 7.33. The quantitative estimate of drug-likeness (QED) is 0.705. The van der Waals surface area contributed by atoms with Crippen LogP contribution in [0.25, 0.3) is 0 Å². The maximum atomic E-state index is 11.2. The zero-order valence-corrected chi connectivity index (χ0v) is 9.45. The highest BCUT2D eigenvalue weighted by Gasteiger charge is 2.38. The molecule has 2 heteroatoms. The molecule has 0 aromatic heterocycles. The normalized spacial score (nSPS) is 28.7. The maximum Gasteiger partial charge on any atom is 0.133 e. The first-order valence-corrected chi connectivity index (χ1v) is 6.60. The van der Waals surface area contributed by atoms with Gasteiger partial charge in [0, 0.05) is 31.5 Å². The first kappa shape index (κ1) is 9.83. The summed E-state index contributed by atoms with van der Waals surface area (Å²) in [6.07, 6.45) is 9.71. The van der Waals surface area contributed by atoms with Crippen LogP contribution >= 0.6 is 0 Å². The van der Waals surface area contributed by atoms with Crippen LogP contribution in [0.3, 0.4) is 0 Å². The van der Waals surface area contributed by atoms with Crippen molar-refractivity contribution in [2.45, 2.75) is 63.5 Å². The topological polar surface area (TPSA) is 20.3 Å². The molecule has 0 amide bonds. The molecule has 3 aliphatic rings. The van der Waals surface area contributed by atoms with Crippen LogP contribution in [0.5, 0.6) is 0 Å². The van der Waals surface area contributed by atoms with Gasteiger partial charge in [0.1, 0.15) is 5.78 Å². The van der Waals surface area contributed by atoms with Gasteiger partial charge in [-0.2, -0.15) is 0 Å². The van der Waals surface area contributed by atoms with E-state index in [4.69, 9.17) is 0 Å². The first-order valence-electron chi connectivity index (χ1n) is 6.60. The molecule has 3 rings (SSSR count). The third-order valence-corrected chi connectivity index (χ3v) is 4.16. The van der Waals surface area contributed by atoms with E-state index in [0.717, 1.165) is 43.7 Å². The van der Waals surface area contributed by atoms with Crippen LogP contribution in [0.4, 0.5) is 0 Å². The van der Waals surface area contributed by atoms with Gasteiger partial charge < -0.3 is 0 Å². The molecule has 84 valence electrons. The predicted molar refractivity (Wildman–Crippen MR) is 59.7 cm³/mol. The van der Waals surface area contributed by atoms with E-state index < -0.39 is 0 Å². The zero-order chi connectivity index (χ0) is 10.3. The summed E-state index contributed by atoms with van der Waals surface area (Å²) >= 11 is 0. The Bertz CT molecular complexity index is 245. The van der Waals surface area contributed by atoms with Gasteiger partial charge in [0.05, 0.1) is 0 Å². The third-order valence-electron chi connectivity index (χ3n) is 4.16. The van der Waals surface area contributed by atoms with E-state index in [0.29, 0.717) is 5.78 Å². The lowest BCUT2D eigenvalue weighted by atomic mass is 9.93. The predicted octanol–water partition coefficient (Wildman–Crippen LogP) is 2.37. The van der Waals surface area contributed by atoms with E-state index in [1.54, 1.807) is 0 Å². The van der Waals surface area contributed by atoms with Gasteiger partial charge in [0.2, 0.25) is 0 Å². The number of hydrogen-bond acceptors (Lipinski definition) is 2. The minimum absolute atomic E-state index is 0.494. The van der Waals surface area contributed by atoms with Gasteiger partial charge in [0.15, 0.2) is 0 Å². The van der Waals surface area contributed by atoms with Gasteiger partial charge in [0.25, 0.3) is 0 Å². The lowest BCUT2D eigenvalue weighted by Gasteiger charge is -2.34. The van der Waals surface area contributed by atoms with Crippen LogP contribution in [-0.2, 0) is 4.79 Å². The summed E-state index contributed by atoms with van der Waals surface area (Å²) < 4.78 is 0. The maximum absolute atomic E-state index is 11.2. The van der Waals surface area contributed by atoms with E-state index >= 15 is 0 Å². The Morgan fingerprint density at radius 3 is 2.07 bits per heavy atom. The summed E-state index contributed by atoms with van der Waals surface area (Å²) in [7, 11) is 0. The fraction of sp³-hybridized carbons (Fsp3) is 0.923. The second kappa shape index (κ2) is 3.89. The number of carbonyl (C=O) groups excluding carboxylic acids is 1. The molecule has 0 atom stereocenters.